The Kier molecular flexibility index (Phi) is 12.6. The van der Waals surface area contributed by atoms with E-state index in [9.17, 15) is 24.3 Å². The molecule has 4 aromatic rings. The minimum absolute atomic E-state index is 0.0589. The maximum atomic E-state index is 14.0. The van der Waals surface area contributed by atoms with Crippen molar-refractivity contribution in [2.45, 2.75) is 94.0 Å². The predicted molar refractivity (Wildman–Crippen MR) is 213 cm³/mol. The number of likely N-dealkylation sites (tertiary alicyclic amines) is 1. The highest BCUT2D eigenvalue weighted by Crippen LogP contribution is 2.39. The number of β-amino-alcohol motifs (C(OH)–C–C–N with tert-alkyl or cyclic N) is 1. The molecule has 6 rings (SSSR count). The van der Waals surface area contributed by atoms with Crippen LogP contribution in [0.3, 0.4) is 0 Å². The SMILES string of the molecule is CC(C)(C)NC(=O)[C@@H]1C[C@@H]2CCCC[C@@H]2CN1C[C@@H](O)[C@H](CSc1ccc2ccccc2c1)NC(=O)[C@H](CC(N)=O)NC(=O)c1ccc2ccccc2n1. The van der Waals surface area contributed by atoms with Gasteiger partial charge in [0.1, 0.15) is 11.7 Å². The number of rotatable bonds is 13. The lowest BCUT2D eigenvalue weighted by atomic mass is 9.72. The van der Waals surface area contributed by atoms with E-state index in [1.807, 2.05) is 75.4 Å². The highest BCUT2D eigenvalue weighted by molar-refractivity contribution is 7.99. The zero-order valence-electron chi connectivity index (χ0n) is 31.3. The quantitative estimate of drug-likeness (QED) is 0.122. The lowest BCUT2D eigenvalue weighted by Gasteiger charge is -2.47. The fourth-order valence-electron chi connectivity index (χ4n) is 7.81. The molecule has 0 unspecified atom stereocenters. The number of nitrogens with zero attached hydrogens (tertiary/aromatic N) is 2. The molecular weight excluding hydrogens is 701 g/mol. The molecule has 0 spiro atoms. The first-order chi connectivity index (χ1) is 25.8. The molecule has 1 aliphatic heterocycles. The van der Waals surface area contributed by atoms with Crippen LogP contribution in [0.2, 0.25) is 0 Å². The van der Waals surface area contributed by atoms with Crippen molar-refractivity contribution in [3.05, 3.63) is 84.6 Å². The minimum Gasteiger partial charge on any atom is -0.390 e. The van der Waals surface area contributed by atoms with Crippen molar-refractivity contribution in [3.63, 3.8) is 0 Å². The second kappa shape index (κ2) is 17.3. The van der Waals surface area contributed by atoms with Crippen molar-refractivity contribution in [2.24, 2.45) is 17.6 Å². The molecule has 11 nitrogen and oxygen atoms in total. The summed E-state index contributed by atoms with van der Waals surface area (Å²) >= 11 is 1.48. The van der Waals surface area contributed by atoms with E-state index < -0.39 is 53.9 Å². The first-order valence-corrected chi connectivity index (χ1v) is 19.9. The van der Waals surface area contributed by atoms with Gasteiger partial charge in [-0.2, -0.15) is 0 Å². The number of fused-ring (bicyclic) bond motifs is 3. The van der Waals surface area contributed by atoms with Crippen molar-refractivity contribution < 1.29 is 24.3 Å². The van der Waals surface area contributed by atoms with E-state index in [0.717, 1.165) is 53.2 Å². The van der Waals surface area contributed by atoms with Crippen LogP contribution in [0, 0.1) is 11.8 Å². The predicted octanol–water partition coefficient (Wildman–Crippen LogP) is 4.80. The minimum atomic E-state index is -1.31. The largest absolute Gasteiger partial charge is 0.390 e. The van der Waals surface area contributed by atoms with Gasteiger partial charge in [0, 0.05) is 34.7 Å². The Labute approximate surface area is 321 Å². The molecule has 1 saturated heterocycles. The molecule has 6 N–H and O–H groups in total. The Bertz CT molecular complexity index is 1980. The molecule has 2 fully saturated rings. The number of carbonyl (C=O) groups is 4. The number of hydrogen-bond donors (Lipinski definition) is 5. The van der Waals surface area contributed by atoms with Crippen LogP contribution in [0.1, 0.15) is 69.8 Å². The number of amides is 4. The molecule has 1 saturated carbocycles. The summed E-state index contributed by atoms with van der Waals surface area (Å²) in [4.78, 5) is 60.8. The topological polar surface area (TPSA) is 167 Å². The van der Waals surface area contributed by atoms with Crippen LogP contribution in [0.15, 0.2) is 83.8 Å². The maximum absolute atomic E-state index is 14.0. The van der Waals surface area contributed by atoms with Gasteiger partial charge in [0.05, 0.1) is 30.1 Å². The van der Waals surface area contributed by atoms with Crippen LogP contribution in [-0.4, -0.2) is 87.2 Å². The molecule has 0 radical (unpaired) electrons. The summed E-state index contributed by atoms with van der Waals surface area (Å²) in [7, 11) is 0. The fourth-order valence-corrected chi connectivity index (χ4v) is 8.86. The third kappa shape index (κ3) is 10.2. The standard InChI is InChI=1S/C42H52N6O5S/c1-42(2,3)47-41(53)36-21-29-13-6-7-14-30(29)23-48(36)24-37(49)35(25-54-31-18-16-26-10-4-5-12-28(26)20-31)46-40(52)34(22-38(43)50)45-39(51)33-19-17-27-11-8-9-15-32(27)44-33/h4-5,8-12,15-20,29-30,34-37,49H,6-7,13-14,21-25H2,1-3H3,(H2,43,50)(H,45,51)(H,46,52)(H,47,53)/t29-,30+,34-,35-,36-,37+/m0/s1. The van der Waals surface area contributed by atoms with Gasteiger partial charge in [-0.15, -0.1) is 11.8 Å². The average molecular weight is 753 g/mol. The summed E-state index contributed by atoms with van der Waals surface area (Å²) in [5.41, 5.74) is 5.86. The Morgan fingerprint density at radius 1 is 0.907 bits per heavy atom. The highest BCUT2D eigenvalue weighted by atomic mass is 32.2. The van der Waals surface area contributed by atoms with Gasteiger partial charge in [-0.3, -0.25) is 24.1 Å². The van der Waals surface area contributed by atoms with Gasteiger partial charge in [0.25, 0.3) is 5.91 Å². The zero-order chi connectivity index (χ0) is 38.4. The molecule has 1 aliphatic carbocycles. The number of piperidine rings is 1. The molecule has 54 heavy (non-hydrogen) atoms. The number of pyridine rings is 1. The summed E-state index contributed by atoms with van der Waals surface area (Å²) < 4.78 is 0. The number of primary amides is 1. The second-order valence-electron chi connectivity index (χ2n) is 15.8. The molecule has 2 aliphatic rings. The molecule has 1 aromatic heterocycles. The number of thioether (sulfide) groups is 1. The van der Waals surface area contributed by atoms with E-state index in [1.54, 1.807) is 18.2 Å². The summed E-state index contributed by atoms with van der Waals surface area (Å²) in [5, 5.41) is 23.8. The first-order valence-electron chi connectivity index (χ1n) is 18.9. The van der Waals surface area contributed by atoms with E-state index in [0.29, 0.717) is 23.9 Å². The Morgan fingerprint density at radius 2 is 1.59 bits per heavy atom. The summed E-state index contributed by atoms with van der Waals surface area (Å²) in [6.07, 6.45) is 3.69. The van der Waals surface area contributed by atoms with Crippen molar-refractivity contribution in [2.75, 3.05) is 18.8 Å². The van der Waals surface area contributed by atoms with Crippen LogP contribution in [-0.2, 0) is 14.4 Å². The van der Waals surface area contributed by atoms with E-state index in [-0.39, 0.29) is 23.9 Å². The van der Waals surface area contributed by atoms with Gasteiger partial charge in [0.15, 0.2) is 0 Å². The smallest absolute Gasteiger partial charge is 0.270 e. The van der Waals surface area contributed by atoms with Gasteiger partial charge in [-0.1, -0.05) is 73.9 Å². The normalized spacial score (nSPS) is 20.7. The third-order valence-electron chi connectivity index (χ3n) is 10.5. The van der Waals surface area contributed by atoms with Crippen LogP contribution < -0.4 is 21.7 Å². The van der Waals surface area contributed by atoms with Gasteiger partial charge in [-0.05, 0) is 80.5 Å². The average Bonchev–Trinajstić information content (AvgIpc) is 3.14. The molecule has 12 heteroatoms. The third-order valence-corrected chi connectivity index (χ3v) is 11.6. The molecule has 286 valence electrons. The van der Waals surface area contributed by atoms with Gasteiger partial charge < -0.3 is 26.8 Å². The van der Waals surface area contributed by atoms with Gasteiger partial charge >= 0.3 is 0 Å². The highest BCUT2D eigenvalue weighted by Gasteiger charge is 2.42. The van der Waals surface area contributed by atoms with Crippen LogP contribution >= 0.6 is 11.8 Å². The first kappa shape index (κ1) is 39.2. The van der Waals surface area contributed by atoms with Crippen molar-refractivity contribution in [1.29, 1.82) is 0 Å². The number of aromatic nitrogens is 1. The molecular formula is C42H52N6O5S. The monoisotopic (exact) mass is 752 g/mol. The fraction of sp³-hybridized carbons (Fsp3) is 0.452. The Morgan fingerprint density at radius 3 is 2.33 bits per heavy atom. The molecule has 4 amide bonds. The van der Waals surface area contributed by atoms with Gasteiger partial charge in [-0.25, -0.2) is 4.98 Å². The van der Waals surface area contributed by atoms with Crippen molar-refractivity contribution in [3.8, 4) is 0 Å². The summed E-state index contributed by atoms with van der Waals surface area (Å²) in [5.74, 6) is -0.940. The van der Waals surface area contributed by atoms with Crippen LogP contribution in [0.5, 0.6) is 0 Å². The van der Waals surface area contributed by atoms with Crippen molar-refractivity contribution >= 4 is 57.1 Å². The van der Waals surface area contributed by atoms with E-state index >= 15 is 0 Å². The lowest BCUT2D eigenvalue weighted by Crippen LogP contribution is -2.61. The Balaban J connectivity index is 1.23. The number of nitrogens with one attached hydrogen (secondary N) is 3. The molecule has 3 aromatic carbocycles. The number of hydrogen-bond acceptors (Lipinski definition) is 8. The van der Waals surface area contributed by atoms with E-state index in [4.69, 9.17) is 5.73 Å². The summed E-state index contributed by atoms with van der Waals surface area (Å²) in [6, 6.07) is 22.3. The number of aliphatic hydroxyl groups is 1. The number of aliphatic hydroxyl groups excluding tert-OH is 1. The molecule has 2 heterocycles. The molecule has 6 atom stereocenters. The van der Waals surface area contributed by atoms with E-state index in [1.165, 1.54) is 11.8 Å². The van der Waals surface area contributed by atoms with Crippen LogP contribution in [0.4, 0.5) is 0 Å². The number of carbonyl (C=O) groups excluding carboxylic acids is 4. The van der Waals surface area contributed by atoms with Gasteiger partial charge in [0.2, 0.25) is 17.7 Å². The van der Waals surface area contributed by atoms with Crippen molar-refractivity contribution in [1.82, 2.24) is 25.8 Å². The van der Waals surface area contributed by atoms with Crippen LogP contribution in [0.25, 0.3) is 21.7 Å². The number of benzene rings is 3. The second-order valence-corrected chi connectivity index (χ2v) is 16.9. The molecule has 0 bridgehead atoms. The maximum Gasteiger partial charge on any atom is 0.270 e. The number of para-hydroxylation sites is 1. The lowest BCUT2D eigenvalue weighted by molar-refractivity contribution is -0.133. The summed E-state index contributed by atoms with van der Waals surface area (Å²) in [6.45, 7) is 6.72. The zero-order valence-corrected chi connectivity index (χ0v) is 32.1. The van der Waals surface area contributed by atoms with E-state index in [2.05, 4.69) is 31.9 Å². The number of nitrogens with two attached hydrogens (primary N) is 1. The Hall–Kier alpha value is -4.52.